The molecule has 1 aromatic heterocycles. The third-order valence-corrected chi connectivity index (χ3v) is 10.6. The third-order valence-electron chi connectivity index (χ3n) is 10.6. The second kappa shape index (κ2) is 13.0. The van der Waals surface area contributed by atoms with Gasteiger partial charge in [-0.1, -0.05) is 158 Å². The Morgan fingerprint density at radius 3 is 1.17 bits per heavy atom. The number of rotatable bonds is 6. The maximum absolute atomic E-state index is 2.38. The van der Waals surface area contributed by atoms with E-state index in [1.165, 1.54) is 88.2 Å². The number of hydrogen-bond donors (Lipinski definition) is 0. The first-order chi connectivity index (χ1) is 26.2. The van der Waals surface area contributed by atoms with Crippen LogP contribution in [0.5, 0.6) is 0 Å². The molecule has 0 saturated carbocycles. The van der Waals surface area contributed by atoms with Gasteiger partial charge < -0.3 is 4.57 Å². The minimum atomic E-state index is 1.16. The summed E-state index contributed by atoms with van der Waals surface area (Å²) in [6, 6.07) is 77.2. The van der Waals surface area contributed by atoms with Crippen LogP contribution in [0.15, 0.2) is 212 Å². The third kappa shape index (κ3) is 5.69. The van der Waals surface area contributed by atoms with E-state index in [1.54, 1.807) is 0 Å². The van der Waals surface area contributed by atoms with E-state index in [0.717, 1.165) is 5.69 Å². The molecule has 0 aliphatic rings. The average molecular weight is 674 g/mol. The summed E-state index contributed by atoms with van der Waals surface area (Å²) in [6.07, 6.45) is 0. The second-order valence-electron chi connectivity index (χ2n) is 13.8. The molecule has 0 unspecified atom stereocenters. The van der Waals surface area contributed by atoms with Crippen LogP contribution >= 0.6 is 0 Å². The average Bonchev–Trinajstić information content (AvgIpc) is 3.58. The molecule has 1 heteroatoms. The van der Waals surface area contributed by atoms with Crippen LogP contribution in [0.4, 0.5) is 0 Å². The summed E-state index contributed by atoms with van der Waals surface area (Å²) in [6.45, 7) is 0. The van der Waals surface area contributed by atoms with Gasteiger partial charge in [0.2, 0.25) is 0 Å². The van der Waals surface area contributed by atoms with Crippen molar-refractivity contribution in [1.29, 1.82) is 0 Å². The number of nitrogens with zero attached hydrogens (tertiary/aromatic N) is 1. The lowest BCUT2D eigenvalue weighted by atomic mass is 9.91. The molecule has 0 aliphatic heterocycles. The van der Waals surface area contributed by atoms with E-state index < -0.39 is 0 Å². The van der Waals surface area contributed by atoms with Gasteiger partial charge in [-0.05, 0) is 121 Å². The lowest BCUT2D eigenvalue weighted by Crippen LogP contribution is -1.94. The van der Waals surface area contributed by atoms with E-state index in [2.05, 4.69) is 217 Å². The SMILES string of the molecule is c1ccc(-c2cc(-c3ccc(-c4cccc(-n5c6ccccc6c6ccccc65)c4)cc3)cc(-c3ccc4cc(-c5ccccc5)ccc4c3)c2)cc1. The first-order valence-electron chi connectivity index (χ1n) is 18.2. The maximum Gasteiger partial charge on any atom is 0.0541 e. The molecule has 53 heavy (non-hydrogen) atoms. The molecule has 0 aliphatic carbocycles. The van der Waals surface area contributed by atoms with Crippen LogP contribution in [0.25, 0.3) is 93.9 Å². The van der Waals surface area contributed by atoms with Crippen molar-refractivity contribution >= 4 is 32.6 Å². The van der Waals surface area contributed by atoms with Gasteiger partial charge in [0.15, 0.2) is 0 Å². The summed E-state index contributed by atoms with van der Waals surface area (Å²) in [5.41, 5.74) is 15.7. The Bertz CT molecular complexity index is 2860. The van der Waals surface area contributed by atoms with Gasteiger partial charge in [-0.15, -0.1) is 0 Å². The predicted octanol–water partition coefficient (Wildman–Crippen LogP) is 14.3. The zero-order chi connectivity index (χ0) is 35.1. The summed E-state index contributed by atoms with van der Waals surface area (Å²) in [4.78, 5) is 0. The van der Waals surface area contributed by atoms with Gasteiger partial charge in [0.05, 0.1) is 11.0 Å². The van der Waals surface area contributed by atoms with Crippen LogP contribution < -0.4 is 0 Å². The van der Waals surface area contributed by atoms with Gasteiger partial charge in [-0.2, -0.15) is 0 Å². The molecular weight excluding hydrogens is 639 g/mol. The van der Waals surface area contributed by atoms with Gasteiger partial charge >= 0.3 is 0 Å². The molecule has 0 radical (unpaired) electrons. The standard InChI is InChI=1S/C52H35N/c1-3-12-36(13-4-1)41-26-27-43-31-44(29-28-42(43)30-41)47-33-45(37-14-5-2-6-15-37)32-46(34-47)39-24-22-38(23-25-39)40-16-11-17-48(35-40)53-51-20-9-7-18-49(51)50-19-8-10-21-52(50)53/h1-35H. The smallest absolute Gasteiger partial charge is 0.0541 e. The molecule has 10 rings (SSSR count). The van der Waals surface area contributed by atoms with Crippen molar-refractivity contribution in [2.75, 3.05) is 0 Å². The van der Waals surface area contributed by atoms with E-state index in [0.29, 0.717) is 0 Å². The van der Waals surface area contributed by atoms with Crippen LogP contribution in [0.3, 0.4) is 0 Å². The molecule has 0 spiro atoms. The van der Waals surface area contributed by atoms with Crippen LogP contribution in [-0.2, 0) is 0 Å². The highest BCUT2D eigenvalue weighted by atomic mass is 15.0. The highest BCUT2D eigenvalue weighted by Crippen LogP contribution is 2.37. The monoisotopic (exact) mass is 673 g/mol. The van der Waals surface area contributed by atoms with E-state index >= 15 is 0 Å². The van der Waals surface area contributed by atoms with Crippen molar-refractivity contribution in [3.63, 3.8) is 0 Å². The number of benzene rings is 9. The molecule has 0 amide bonds. The van der Waals surface area contributed by atoms with E-state index in [-0.39, 0.29) is 0 Å². The van der Waals surface area contributed by atoms with E-state index in [9.17, 15) is 0 Å². The summed E-state index contributed by atoms with van der Waals surface area (Å²) >= 11 is 0. The molecular formula is C52H35N. The van der Waals surface area contributed by atoms with Crippen molar-refractivity contribution in [2.24, 2.45) is 0 Å². The van der Waals surface area contributed by atoms with Gasteiger partial charge in [-0.25, -0.2) is 0 Å². The molecule has 1 nitrogen and oxygen atoms in total. The van der Waals surface area contributed by atoms with Gasteiger partial charge in [-0.3, -0.25) is 0 Å². The first-order valence-corrected chi connectivity index (χ1v) is 18.2. The summed E-state index contributed by atoms with van der Waals surface area (Å²) in [7, 11) is 0. The molecule has 0 bridgehead atoms. The van der Waals surface area contributed by atoms with Gasteiger partial charge in [0.25, 0.3) is 0 Å². The number of para-hydroxylation sites is 2. The Labute approximate surface area is 309 Å². The lowest BCUT2D eigenvalue weighted by Gasteiger charge is -2.13. The minimum Gasteiger partial charge on any atom is -0.309 e. The Kier molecular flexibility index (Phi) is 7.55. The van der Waals surface area contributed by atoms with Crippen LogP contribution in [-0.4, -0.2) is 4.57 Å². The highest BCUT2D eigenvalue weighted by molar-refractivity contribution is 6.09. The maximum atomic E-state index is 2.38. The zero-order valence-electron chi connectivity index (χ0n) is 29.2. The fraction of sp³-hybridized carbons (Fsp3) is 0. The Morgan fingerprint density at radius 2 is 0.604 bits per heavy atom. The van der Waals surface area contributed by atoms with Crippen LogP contribution in [0, 0.1) is 0 Å². The summed E-state index contributed by atoms with van der Waals surface area (Å²) < 4.78 is 2.38. The molecule has 0 atom stereocenters. The largest absolute Gasteiger partial charge is 0.309 e. The Balaban J connectivity index is 1.02. The quantitative estimate of drug-likeness (QED) is 0.166. The Morgan fingerprint density at radius 1 is 0.226 bits per heavy atom. The van der Waals surface area contributed by atoms with Crippen LogP contribution in [0.2, 0.25) is 0 Å². The molecule has 1 heterocycles. The molecule has 248 valence electrons. The number of fused-ring (bicyclic) bond motifs is 4. The summed E-state index contributed by atoms with van der Waals surface area (Å²) in [5, 5.41) is 5.03. The first kappa shape index (κ1) is 30.8. The second-order valence-corrected chi connectivity index (χ2v) is 13.8. The lowest BCUT2D eigenvalue weighted by molar-refractivity contribution is 1.18. The van der Waals surface area contributed by atoms with Gasteiger partial charge in [0.1, 0.15) is 0 Å². The van der Waals surface area contributed by atoms with Crippen molar-refractivity contribution < 1.29 is 0 Å². The highest BCUT2D eigenvalue weighted by Gasteiger charge is 2.13. The van der Waals surface area contributed by atoms with Crippen molar-refractivity contribution in [3.8, 4) is 61.3 Å². The minimum absolute atomic E-state index is 1.16. The topological polar surface area (TPSA) is 4.93 Å². The molecule has 0 saturated heterocycles. The molecule has 0 N–H and O–H groups in total. The van der Waals surface area contributed by atoms with Crippen molar-refractivity contribution in [1.82, 2.24) is 4.57 Å². The molecule has 0 fully saturated rings. The molecule has 10 aromatic rings. The van der Waals surface area contributed by atoms with Crippen molar-refractivity contribution in [2.45, 2.75) is 0 Å². The Hall–Kier alpha value is -6.96. The molecule has 9 aromatic carbocycles. The number of hydrogen-bond acceptors (Lipinski definition) is 0. The van der Waals surface area contributed by atoms with Crippen LogP contribution in [0.1, 0.15) is 0 Å². The van der Waals surface area contributed by atoms with Crippen molar-refractivity contribution in [3.05, 3.63) is 212 Å². The van der Waals surface area contributed by atoms with E-state index in [1.807, 2.05) is 0 Å². The number of aromatic nitrogens is 1. The van der Waals surface area contributed by atoms with Gasteiger partial charge in [0, 0.05) is 16.5 Å². The fourth-order valence-electron chi connectivity index (χ4n) is 7.87. The predicted molar refractivity (Wildman–Crippen MR) is 225 cm³/mol. The summed E-state index contributed by atoms with van der Waals surface area (Å²) in [5.74, 6) is 0. The fourth-order valence-corrected chi connectivity index (χ4v) is 7.87. The van der Waals surface area contributed by atoms with E-state index in [4.69, 9.17) is 0 Å². The zero-order valence-corrected chi connectivity index (χ0v) is 29.2. The normalized spacial score (nSPS) is 11.4.